The lowest BCUT2D eigenvalue weighted by atomic mass is 9.88. The summed E-state index contributed by atoms with van der Waals surface area (Å²) in [6, 6.07) is 9.36. The number of hydrogen-bond acceptors (Lipinski definition) is 8. The second-order valence-corrected chi connectivity index (χ2v) is 14.4. The van der Waals surface area contributed by atoms with Crippen molar-refractivity contribution in [2.45, 2.75) is 108 Å². The van der Waals surface area contributed by atoms with E-state index in [1.165, 1.54) is 19.3 Å². The third kappa shape index (κ3) is 6.09. The Morgan fingerprint density at radius 3 is 1.83 bits per heavy atom. The second kappa shape index (κ2) is 13.4. The number of amides is 2. The summed E-state index contributed by atoms with van der Waals surface area (Å²) < 4.78 is 7.01. The molecule has 2 amide bonds. The fourth-order valence-corrected chi connectivity index (χ4v) is 8.65. The van der Waals surface area contributed by atoms with Gasteiger partial charge in [0.25, 0.3) is 0 Å². The number of hydrogen-bond donors (Lipinski definition) is 0. The van der Waals surface area contributed by atoms with E-state index in [1.807, 2.05) is 21.9 Å². The molecule has 10 nitrogen and oxygen atoms in total. The number of carbonyl (C=O) groups excluding carboxylic acids is 2. The van der Waals surface area contributed by atoms with Crippen LogP contribution in [0.4, 0.5) is 0 Å². The third-order valence-corrected chi connectivity index (χ3v) is 11.6. The van der Waals surface area contributed by atoms with Gasteiger partial charge in [-0.2, -0.15) is 10.5 Å². The Labute approximate surface area is 284 Å². The van der Waals surface area contributed by atoms with Crippen molar-refractivity contribution < 1.29 is 14.3 Å². The molecule has 0 spiro atoms. The molecule has 6 aliphatic rings. The molecule has 46 heavy (non-hydrogen) atoms. The van der Waals surface area contributed by atoms with Gasteiger partial charge in [-0.1, -0.05) is 6.42 Å². The lowest BCUT2D eigenvalue weighted by Gasteiger charge is -2.42. The number of nitriles is 2. The van der Waals surface area contributed by atoms with Crippen LogP contribution in [0.15, 0.2) is 12.1 Å². The van der Waals surface area contributed by atoms with E-state index in [4.69, 9.17) is 15.0 Å². The smallest absolute Gasteiger partial charge is 0.232 e. The Bertz CT molecular complexity index is 1600. The second-order valence-electron chi connectivity index (χ2n) is 13.4. The first kappa shape index (κ1) is 31.3. The molecule has 1 saturated carbocycles. The molecule has 0 aromatic carbocycles. The van der Waals surface area contributed by atoms with E-state index in [2.05, 4.69) is 44.6 Å². The predicted octanol–water partition coefficient (Wildman–Crippen LogP) is 5.13. The fraction of sp³-hybridized carbons (Fsp3) is 0.600. The van der Waals surface area contributed by atoms with Gasteiger partial charge in [-0.25, -0.2) is 9.97 Å². The van der Waals surface area contributed by atoms with Crippen molar-refractivity contribution in [1.82, 2.24) is 24.7 Å². The number of pyridine rings is 2. The quantitative estimate of drug-likeness (QED) is 0.314. The lowest BCUT2D eigenvalue weighted by Crippen LogP contribution is -2.47. The van der Waals surface area contributed by atoms with Gasteiger partial charge in [0.2, 0.25) is 17.7 Å². The minimum Gasteiger partial charge on any atom is -0.473 e. The molecule has 2 atom stereocenters. The highest BCUT2D eigenvalue weighted by Gasteiger charge is 2.37. The van der Waals surface area contributed by atoms with E-state index in [1.54, 1.807) is 0 Å². The van der Waals surface area contributed by atoms with E-state index >= 15 is 0 Å². The zero-order chi connectivity index (χ0) is 31.8. The molecular weight excluding hydrogens is 693 g/mol. The first-order chi connectivity index (χ1) is 22.4. The normalized spacial score (nSPS) is 24.6. The summed E-state index contributed by atoms with van der Waals surface area (Å²) in [5.74, 6) is 0.979. The number of likely N-dealkylation sites (tertiary alicyclic amines) is 1. The largest absolute Gasteiger partial charge is 0.473 e. The molecule has 11 heteroatoms. The number of ether oxygens (including phenoxy) is 1. The van der Waals surface area contributed by atoms with Gasteiger partial charge in [-0.15, -0.1) is 0 Å². The van der Waals surface area contributed by atoms with Crippen molar-refractivity contribution in [3.05, 3.63) is 49.5 Å². The molecule has 2 unspecified atom stereocenters. The molecule has 2 aromatic heterocycles. The minimum atomic E-state index is 0.0874. The number of piperidine rings is 3. The summed E-state index contributed by atoms with van der Waals surface area (Å²) >= 11 is 2.10. The molecule has 2 aromatic rings. The number of nitrogens with zero attached hydrogens (tertiary/aromatic N) is 7. The molecule has 0 radical (unpaired) electrons. The van der Waals surface area contributed by atoms with Crippen LogP contribution in [0.25, 0.3) is 0 Å². The maximum atomic E-state index is 12.2. The topological polar surface area (TPSA) is 126 Å². The SMILES string of the molecule is N#Cc1cc2c(nc1I)CCN1C(=O)CCCC21.N#Cc1cc2c(nc1OC1CCN(C3CCC3)CC1)CCN1C(=O)CCCC21. The van der Waals surface area contributed by atoms with Crippen molar-refractivity contribution >= 4 is 34.4 Å². The molecule has 8 rings (SSSR count). The number of fused-ring (bicyclic) bond motifs is 6. The predicted molar refractivity (Wildman–Crippen MR) is 178 cm³/mol. The van der Waals surface area contributed by atoms with Crippen LogP contribution in [0.1, 0.15) is 116 Å². The maximum Gasteiger partial charge on any atom is 0.232 e. The van der Waals surface area contributed by atoms with Crippen molar-refractivity contribution in [2.75, 3.05) is 26.2 Å². The number of carbonyl (C=O) groups is 2. The van der Waals surface area contributed by atoms with Gasteiger partial charge in [0.15, 0.2) is 0 Å². The minimum absolute atomic E-state index is 0.0874. The van der Waals surface area contributed by atoms with E-state index in [-0.39, 0.29) is 30.0 Å². The molecule has 0 bridgehead atoms. The van der Waals surface area contributed by atoms with Crippen LogP contribution in [-0.2, 0) is 22.4 Å². The average Bonchev–Trinajstić information content (AvgIpc) is 3.04. The molecule has 0 N–H and O–H groups in total. The van der Waals surface area contributed by atoms with Crippen LogP contribution in [0, 0.1) is 26.4 Å². The lowest BCUT2D eigenvalue weighted by molar-refractivity contribution is -0.137. The highest BCUT2D eigenvalue weighted by molar-refractivity contribution is 14.1. The first-order valence-electron chi connectivity index (χ1n) is 17.0. The van der Waals surface area contributed by atoms with Gasteiger partial charge in [-0.3, -0.25) is 9.59 Å². The molecule has 7 heterocycles. The van der Waals surface area contributed by atoms with Gasteiger partial charge in [-0.05, 0) is 97.2 Å². The molecular formula is C35H40IN7O3. The van der Waals surface area contributed by atoms with Gasteiger partial charge >= 0.3 is 0 Å². The standard InChI is InChI=1S/C22H28N4O2.C13H12IN3O/c23-14-15-13-18-19(9-12-26-20(18)5-2-6-21(26)27)24-22(15)28-17-7-10-25(11-8-17)16-3-1-4-16;14-13-8(7-15)6-9-10(16-13)4-5-17-11(9)2-1-3-12(17)18/h13,16-17,20H,1-12H2;6,11H,1-5H2. The summed E-state index contributed by atoms with van der Waals surface area (Å²) in [6.45, 7) is 3.67. The van der Waals surface area contributed by atoms with Crippen LogP contribution in [-0.4, -0.2) is 74.8 Å². The maximum absolute atomic E-state index is 12.2. The highest BCUT2D eigenvalue weighted by Crippen LogP contribution is 2.39. The monoisotopic (exact) mass is 733 g/mol. The average molecular weight is 734 g/mol. The summed E-state index contributed by atoms with van der Waals surface area (Å²) in [5, 5.41) is 18.8. The summed E-state index contributed by atoms with van der Waals surface area (Å²) in [6.07, 6.45) is 12.9. The highest BCUT2D eigenvalue weighted by atomic mass is 127. The van der Waals surface area contributed by atoms with Crippen molar-refractivity contribution in [2.24, 2.45) is 0 Å². The summed E-state index contributed by atoms with van der Waals surface area (Å²) in [7, 11) is 0. The van der Waals surface area contributed by atoms with E-state index in [0.717, 1.165) is 110 Å². The van der Waals surface area contributed by atoms with Gasteiger partial charge < -0.3 is 19.4 Å². The number of halogens is 1. The fourth-order valence-electron chi connectivity index (χ4n) is 8.08. The van der Waals surface area contributed by atoms with Crippen molar-refractivity contribution in [1.29, 1.82) is 10.5 Å². The Morgan fingerprint density at radius 1 is 0.717 bits per heavy atom. The van der Waals surface area contributed by atoms with Gasteiger partial charge in [0.1, 0.15) is 27.5 Å². The van der Waals surface area contributed by atoms with Crippen LogP contribution in [0.3, 0.4) is 0 Å². The Balaban J connectivity index is 0.000000162. The van der Waals surface area contributed by atoms with Crippen molar-refractivity contribution in [3.63, 3.8) is 0 Å². The zero-order valence-corrected chi connectivity index (χ0v) is 28.4. The van der Waals surface area contributed by atoms with Crippen LogP contribution >= 0.6 is 22.6 Å². The Kier molecular flexibility index (Phi) is 9.15. The number of rotatable bonds is 3. The van der Waals surface area contributed by atoms with E-state index < -0.39 is 0 Å². The van der Waals surface area contributed by atoms with Crippen LogP contribution < -0.4 is 4.74 Å². The molecule has 3 saturated heterocycles. The Morgan fingerprint density at radius 2 is 1.28 bits per heavy atom. The molecule has 4 fully saturated rings. The molecule has 5 aliphatic heterocycles. The third-order valence-electron chi connectivity index (χ3n) is 10.8. The van der Waals surface area contributed by atoms with E-state index in [0.29, 0.717) is 29.8 Å². The first-order valence-corrected chi connectivity index (χ1v) is 18.0. The molecule has 240 valence electrons. The van der Waals surface area contributed by atoms with Crippen LogP contribution in [0.2, 0.25) is 0 Å². The van der Waals surface area contributed by atoms with E-state index in [9.17, 15) is 14.9 Å². The summed E-state index contributed by atoms with van der Waals surface area (Å²) in [4.78, 5) is 40.0. The molecule has 1 aliphatic carbocycles. The summed E-state index contributed by atoms with van der Waals surface area (Å²) in [5.41, 5.74) is 5.36. The van der Waals surface area contributed by atoms with Crippen molar-refractivity contribution in [3.8, 4) is 18.0 Å². The zero-order valence-electron chi connectivity index (χ0n) is 26.2. The van der Waals surface area contributed by atoms with Gasteiger partial charge in [0.05, 0.1) is 23.3 Å². The van der Waals surface area contributed by atoms with Gasteiger partial charge in [0, 0.05) is 63.6 Å². The van der Waals surface area contributed by atoms with Crippen LogP contribution in [0.5, 0.6) is 5.88 Å². The Hall–Kier alpha value is -3.29. The number of aromatic nitrogens is 2.